The standard InChI is InChI=1S/C10H7F3N2/c11-10(12,13)8-3-1-2-6-4-7(14)5-15-9(6)8/h1-5H,14H2. The third-order valence-electron chi connectivity index (χ3n) is 2.04. The third-order valence-corrected chi connectivity index (χ3v) is 2.04. The maximum Gasteiger partial charge on any atom is 0.418 e. The van der Waals surface area contributed by atoms with Crippen molar-refractivity contribution in [1.82, 2.24) is 4.98 Å². The zero-order chi connectivity index (χ0) is 11.1. The van der Waals surface area contributed by atoms with Gasteiger partial charge in [0.05, 0.1) is 23.0 Å². The van der Waals surface area contributed by atoms with Gasteiger partial charge >= 0.3 is 6.18 Å². The molecule has 2 rings (SSSR count). The molecule has 0 saturated heterocycles. The minimum absolute atomic E-state index is 0.0702. The van der Waals surface area contributed by atoms with Crippen LogP contribution >= 0.6 is 0 Å². The van der Waals surface area contributed by atoms with Gasteiger partial charge in [0.1, 0.15) is 0 Å². The first-order chi connectivity index (χ1) is 6.98. The van der Waals surface area contributed by atoms with Crippen molar-refractivity contribution in [2.24, 2.45) is 0 Å². The molecule has 0 aliphatic rings. The van der Waals surface area contributed by atoms with E-state index in [1.165, 1.54) is 18.3 Å². The first-order valence-corrected chi connectivity index (χ1v) is 4.20. The van der Waals surface area contributed by atoms with Crippen molar-refractivity contribution in [1.29, 1.82) is 0 Å². The molecule has 0 unspecified atom stereocenters. The highest BCUT2D eigenvalue weighted by Gasteiger charge is 2.32. The Morgan fingerprint density at radius 3 is 2.60 bits per heavy atom. The molecule has 1 aromatic carbocycles. The highest BCUT2D eigenvalue weighted by molar-refractivity contribution is 5.84. The molecular formula is C10H7F3N2. The summed E-state index contributed by atoms with van der Waals surface area (Å²) in [6, 6.07) is 5.36. The second-order valence-corrected chi connectivity index (χ2v) is 3.14. The Labute approximate surface area is 83.5 Å². The van der Waals surface area contributed by atoms with E-state index in [0.717, 1.165) is 6.07 Å². The van der Waals surface area contributed by atoms with Gasteiger partial charge in [-0.1, -0.05) is 12.1 Å². The summed E-state index contributed by atoms with van der Waals surface area (Å²) in [6.45, 7) is 0. The van der Waals surface area contributed by atoms with Gasteiger partial charge in [-0.3, -0.25) is 4.98 Å². The van der Waals surface area contributed by atoms with Gasteiger partial charge in [-0.15, -0.1) is 0 Å². The van der Waals surface area contributed by atoms with Gasteiger partial charge in [-0.2, -0.15) is 13.2 Å². The molecule has 2 aromatic rings. The molecular weight excluding hydrogens is 205 g/mol. The van der Waals surface area contributed by atoms with Crippen LogP contribution in [0.1, 0.15) is 5.56 Å². The number of hydrogen-bond acceptors (Lipinski definition) is 2. The van der Waals surface area contributed by atoms with Crippen LogP contribution in [0.3, 0.4) is 0 Å². The summed E-state index contributed by atoms with van der Waals surface area (Å²) in [5, 5.41) is 0.393. The van der Waals surface area contributed by atoms with Crippen LogP contribution in [0.15, 0.2) is 30.5 Å². The fourth-order valence-electron chi connectivity index (χ4n) is 1.41. The van der Waals surface area contributed by atoms with Crippen molar-refractivity contribution in [3.8, 4) is 0 Å². The molecule has 5 heteroatoms. The van der Waals surface area contributed by atoms with Crippen LogP contribution in [0.5, 0.6) is 0 Å². The molecule has 2 nitrogen and oxygen atoms in total. The molecule has 0 aliphatic carbocycles. The number of aromatic nitrogens is 1. The minimum atomic E-state index is -4.39. The predicted molar refractivity (Wildman–Crippen MR) is 51.2 cm³/mol. The highest BCUT2D eigenvalue weighted by Crippen LogP contribution is 2.33. The Bertz CT molecular complexity index is 505. The highest BCUT2D eigenvalue weighted by atomic mass is 19.4. The maximum absolute atomic E-state index is 12.5. The van der Waals surface area contributed by atoms with Crippen LogP contribution in [-0.4, -0.2) is 4.98 Å². The average Bonchev–Trinajstić information content (AvgIpc) is 2.15. The third kappa shape index (κ3) is 1.72. The molecule has 2 N–H and O–H groups in total. The Morgan fingerprint density at radius 2 is 1.93 bits per heavy atom. The number of pyridine rings is 1. The number of nitrogen functional groups attached to an aromatic ring is 1. The molecule has 1 aromatic heterocycles. The molecule has 0 atom stereocenters. The summed E-state index contributed by atoms with van der Waals surface area (Å²) in [7, 11) is 0. The monoisotopic (exact) mass is 212 g/mol. The zero-order valence-corrected chi connectivity index (χ0v) is 7.55. The van der Waals surface area contributed by atoms with Crippen LogP contribution < -0.4 is 5.73 Å². The molecule has 0 spiro atoms. The summed E-state index contributed by atoms with van der Waals surface area (Å²) in [6.07, 6.45) is -3.17. The van der Waals surface area contributed by atoms with Crippen LogP contribution in [0.2, 0.25) is 0 Å². The van der Waals surface area contributed by atoms with E-state index in [0.29, 0.717) is 11.1 Å². The van der Waals surface area contributed by atoms with E-state index in [1.54, 1.807) is 6.07 Å². The molecule has 15 heavy (non-hydrogen) atoms. The number of fused-ring (bicyclic) bond motifs is 1. The Hall–Kier alpha value is -1.78. The van der Waals surface area contributed by atoms with Crippen molar-refractivity contribution < 1.29 is 13.2 Å². The summed E-state index contributed by atoms with van der Waals surface area (Å²) in [5.74, 6) is 0. The van der Waals surface area contributed by atoms with Gasteiger partial charge < -0.3 is 5.73 Å². The van der Waals surface area contributed by atoms with Crippen LogP contribution in [-0.2, 0) is 6.18 Å². The molecule has 0 radical (unpaired) electrons. The number of hydrogen-bond donors (Lipinski definition) is 1. The van der Waals surface area contributed by atoms with E-state index >= 15 is 0 Å². The molecule has 0 amide bonds. The van der Waals surface area contributed by atoms with E-state index < -0.39 is 11.7 Å². The molecule has 0 aliphatic heterocycles. The van der Waals surface area contributed by atoms with Crippen LogP contribution in [0.25, 0.3) is 10.9 Å². The van der Waals surface area contributed by atoms with Crippen LogP contribution in [0.4, 0.5) is 18.9 Å². The summed E-state index contributed by atoms with van der Waals surface area (Å²) < 4.78 is 37.6. The zero-order valence-electron chi connectivity index (χ0n) is 7.55. The van der Waals surface area contributed by atoms with Gasteiger partial charge in [0.2, 0.25) is 0 Å². The van der Waals surface area contributed by atoms with E-state index in [2.05, 4.69) is 4.98 Å². The second-order valence-electron chi connectivity index (χ2n) is 3.14. The first kappa shape index (κ1) is 9.76. The van der Waals surface area contributed by atoms with E-state index in [1.807, 2.05) is 0 Å². The van der Waals surface area contributed by atoms with Gasteiger partial charge in [0.25, 0.3) is 0 Å². The van der Waals surface area contributed by atoms with Crippen molar-refractivity contribution >= 4 is 16.6 Å². The molecule has 78 valence electrons. The van der Waals surface area contributed by atoms with E-state index in [-0.39, 0.29) is 5.52 Å². The average molecular weight is 212 g/mol. The fourth-order valence-corrected chi connectivity index (χ4v) is 1.41. The lowest BCUT2D eigenvalue weighted by Gasteiger charge is -2.09. The van der Waals surface area contributed by atoms with Crippen molar-refractivity contribution in [3.05, 3.63) is 36.0 Å². The van der Waals surface area contributed by atoms with Crippen molar-refractivity contribution in [2.45, 2.75) is 6.18 Å². The number of nitrogens with two attached hydrogens (primary N) is 1. The van der Waals surface area contributed by atoms with E-state index in [4.69, 9.17) is 5.73 Å². The largest absolute Gasteiger partial charge is 0.418 e. The summed E-state index contributed by atoms with van der Waals surface area (Å²) in [4.78, 5) is 3.70. The number of rotatable bonds is 0. The Kier molecular flexibility index (Phi) is 2.03. The second kappa shape index (κ2) is 3.12. The van der Waals surface area contributed by atoms with Crippen molar-refractivity contribution in [3.63, 3.8) is 0 Å². The lowest BCUT2D eigenvalue weighted by Crippen LogP contribution is -2.06. The summed E-state index contributed by atoms with van der Waals surface area (Å²) >= 11 is 0. The van der Waals surface area contributed by atoms with Gasteiger partial charge in [-0.05, 0) is 12.1 Å². The number of alkyl halides is 3. The number of anilines is 1. The predicted octanol–water partition coefficient (Wildman–Crippen LogP) is 2.84. The quantitative estimate of drug-likeness (QED) is 0.729. The SMILES string of the molecule is Nc1cnc2c(C(F)(F)F)cccc2c1. The summed E-state index contributed by atoms with van der Waals surface area (Å²) in [5.41, 5.74) is 4.98. The topological polar surface area (TPSA) is 38.9 Å². The molecule has 1 heterocycles. The van der Waals surface area contributed by atoms with Crippen LogP contribution in [0, 0.1) is 0 Å². The fraction of sp³-hybridized carbons (Fsp3) is 0.100. The van der Waals surface area contributed by atoms with Crippen molar-refractivity contribution in [2.75, 3.05) is 5.73 Å². The normalized spacial score (nSPS) is 11.9. The van der Waals surface area contributed by atoms with Gasteiger partial charge in [0.15, 0.2) is 0 Å². The Balaban J connectivity index is 2.77. The minimum Gasteiger partial charge on any atom is -0.397 e. The molecule has 0 fully saturated rings. The first-order valence-electron chi connectivity index (χ1n) is 4.20. The number of para-hydroxylation sites is 1. The molecule has 0 bridgehead atoms. The Morgan fingerprint density at radius 1 is 1.20 bits per heavy atom. The smallest absolute Gasteiger partial charge is 0.397 e. The maximum atomic E-state index is 12.5. The molecule has 0 saturated carbocycles. The van der Waals surface area contributed by atoms with Gasteiger partial charge in [-0.25, -0.2) is 0 Å². The number of benzene rings is 1. The lowest BCUT2D eigenvalue weighted by molar-refractivity contribution is -0.136. The van der Waals surface area contributed by atoms with E-state index in [9.17, 15) is 13.2 Å². The number of halogens is 3. The van der Waals surface area contributed by atoms with Gasteiger partial charge in [0, 0.05) is 5.39 Å². The number of nitrogens with zero attached hydrogens (tertiary/aromatic N) is 1. The lowest BCUT2D eigenvalue weighted by atomic mass is 10.1.